The summed E-state index contributed by atoms with van der Waals surface area (Å²) in [6, 6.07) is 2.80. The average molecular weight is 250 g/mol. The molecule has 0 aliphatic rings. The van der Waals surface area contributed by atoms with Gasteiger partial charge in [-0.1, -0.05) is 6.92 Å². The fraction of sp³-hybridized carbons (Fsp3) is 0.667. The van der Waals surface area contributed by atoms with E-state index in [0.29, 0.717) is 18.6 Å². The minimum atomic E-state index is 0.190. The predicted octanol–water partition coefficient (Wildman–Crippen LogP) is 3.26. The molecule has 1 unspecified atom stereocenters. The smallest absolute Gasteiger partial charge is 0.178 e. The summed E-state index contributed by atoms with van der Waals surface area (Å²) >= 11 is 0. The quantitative estimate of drug-likeness (QED) is 0.786. The lowest BCUT2D eigenvalue weighted by atomic mass is 10.1. The van der Waals surface area contributed by atoms with Gasteiger partial charge in [0.2, 0.25) is 0 Å². The van der Waals surface area contributed by atoms with Crippen molar-refractivity contribution in [3.8, 4) is 0 Å². The molecule has 0 fully saturated rings. The zero-order chi connectivity index (χ0) is 13.9. The Morgan fingerprint density at radius 3 is 2.39 bits per heavy atom. The van der Waals surface area contributed by atoms with E-state index < -0.39 is 0 Å². The lowest BCUT2D eigenvalue weighted by molar-refractivity contribution is 0.0987. The minimum absolute atomic E-state index is 0.190. The standard InChI is InChI=1S/C15H26N2O/c1-7-11(4)16-9-15(18)14-8-12(5)17(10(2)3)13(14)6/h8,10-11,16H,7,9H2,1-6H3. The van der Waals surface area contributed by atoms with E-state index in [1.807, 2.05) is 13.0 Å². The third-order valence-corrected chi connectivity index (χ3v) is 3.52. The summed E-state index contributed by atoms with van der Waals surface area (Å²) in [5, 5.41) is 3.26. The van der Waals surface area contributed by atoms with Gasteiger partial charge in [0.1, 0.15) is 0 Å². The van der Waals surface area contributed by atoms with E-state index in [1.165, 1.54) is 0 Å². The highest BCUT2D eigenvalue weighted by Crippen LogP contribution is 2.20. The molecule has 3 heteroatoms. The van der Waals surface area contributed by atoms with Crippen LogP contribution in [0.5, 0.6) is 0 Å². The van der Waals surface area contributed by atoms with Gasteiger partial charge in [-0.2, -0.15) is 0 Å². The summed E-state index contributed by atoms with van der Waals surface area (Å²) in [5.74, 6) is 0.190. The van der Waals surface area contributed by atoms with Crippen LogP contribution >= 0.6 is 0 Å². The second kappa shape index (κ2) is 6.19. The van der Waals surface area contributed by atoms with Crippen LogP contribution in [0, 0.1) is 13.8 Å². The molecule has 0 spiro atoms. The predicted molar refractivity (Wildman–Crippen MR) is 76.4 cm³/mol. The van der Waals surface area contributed by atoms with Gasteiger partial charge in [-0.3, -0.25) is 4.79 Å². The lowest BCUT2D eigenvalue weighted by Gasteiger charge is -2.14. The maximum atomic E-state index is 12.2. The molecular weight excluding hydrogens is 224 g/mol. The van der Waals surface area contributed by atoms with Gasteiger partial charge >= 0.3 is 0 Å². The van der Waals surface area contributed by atoms with Crippen molar-refractivity contribution in [2.24, 2.45) is 0 Å². The number of Topliss-reactive ketones (excluding diaryl/α,β-unsaturated/α-hetero) is 1. The molecule has 0 saturated carbocycles. The highest BCUT2D eigenvalue weighted by atomic mass is 16.1. The van der Waals surface area contributed by atoms with Crippen molar-refractivity contribution < 1.29 is 4.79 Å². The monoisotopic (exact) mass is 250 g/mol. The third-order valence-electron chi connectivity index (χ3n) is 3.52. The van der Waals surface area contributed by atoms with Crippen molar-refractivity contribution in [3.05, 3.63) is 23.0 Å². The molecule has 1 atom stereocenters. The number of nitrogens with one attached hydrogen (secondary N) is 1. The van der Waals surface area contributed by atoms with Crippen LogP contribution in [0.15, 0.2) is 6.07 Å². The van der Waals surface area contributed by atoms with Crippen LogP contribution in [0.2, 0.25) is 0 Å². The van der Waals surface area contributed by atoms with Gasteiger partial charge in [0, 0.05) is 29.0 Å². The summed E-state index contributed by atoms with van der Waals surface area (Å²) in [5.41, 5.74) is 3.10. The van der Waals surface area contributed by atoms with Crippen molar-refractivity contribution in [2.45, 2.75) is 60.0 Å². The Morgan fingerprint density at radius 1 is 1.33 bits per heavy atom. The maximum Gasteiger partial charge on any atom is 0.178 e. The first-order valence-electron chi connectivity index (χ1n) is 6.83. The molecule has 1 rings (SSSR count). The number of hydrogen-bond donors (Lipinski definition) is 1. The molecule has 1 N–H and O–H groups in total. The largest absolute Gasteiger partial charge is 0.346 e. The van der Waals surface area contributed by atoms with Crippen LogP contribution in [0.25, 0.3) is 0 Å². The summed E-state index contributed by atoms with van der Waals surface area (Å²) in [6.07, 6.45) is 1.04. The number of aryl methyl sites for hydroxylation is 1. The molecule has 102 valence electrons. The average Bonchev–Trinajstić information content (AvgIpc) is 2.61. The molecule has 0 aromatic carbocycles. The Labute approximate surface area is 111 Å². The van der Waals surface area contributed by atoms with E-state index in [9.17, 15) is 4.79 Å². The summed E-state index contributed by atoms with van der Waals surface area (Å²) in [7, 11) is 0. The second-order valence-electron chi connectivity index (χ2n) is 5.36. The zero-order valence-corrected chi connectivity index (χ0v) is 12.5. The number of hydrogen-bond acceptors (Lipinski definition) is 2. The fourth-order valence-electron chi connectivity index (χ4n) is 2.36. The van der Waals surface area contributed by atoms with E-state index in [0.717, 1.165) is 23.4 Å². The molecule has 0 aliphatic carbocycles. The van der Waals surface area contributed by atoms with Crippen molar-refractivity contribution >= 4 is 5.78 Å². The molecule has 0 amide bonds. The molecular formula is C15H26N2O. The van der Waals surface area contributed by atoms with Gasteiger partial charge in [-0.15, -0.1) is 0 Å². The molecule has 0 saturated heterocycles. The van der Waals surface area contributed by atoms with Gasteiger partial charge in [0.05, 0.1) is 6.54 Å². The molecule has 0 bridgehead atoms. The third kappa shape index (κ3) is 3.22. The molecule has 0 radical (unpaired) electrons. The summed E-state index contributed by atoms with van der Waals surface area (Å²) in [4.78, 5) is 12.2. The van der Waals surface area contributed by atoms with E-state index in [1.54, 1.807) is 0 Å². The fourth-order valence-corrected chi connectivity index (χ4v) is 2.36. The number of nitrogens with zero attached hydrogens (tertiary/aromatic N) is 1. The van der Waals surface area contributed by atoms with E-state index in [4.69, 9.17) is 0 Å². The van der Waals surface area contributed by atoms with Gasteiger partial charge < -0.3 is 9.88 Å². The first-order chi connectivity index (χ1) is 8.38. The molecule has 1 aromatic rings. The second-order valence-corrected chi connectivity index (χ2v) is 5.36. The molecule has 1 aromatic heterocycles. The number of carbonyl (C=O) groups excluding carboxylic acids is 1. The Balaban J connectivity index is 2.84. The van der Waals surface area contributed by atoms with Gasteiger partial charge in [0.15, 0.2) is 5.78 Å². The molecule has 1 heterocycles. The molecule has 3 nitrogen and oxygen atoms in total. The Kier molecular flexibility index (Phi) is 5.15. The topological polar surface area (TPSA) is 34.0 Å². The highest BCUT2D eigenvalue weighted by Gasteiger charge is 2.17. The Hall–Kier alpha value is -1.09. The van der Waals surface area contributed by atoms with Crippen LogP contribution < -0.4 is 5.32 Å². The van der Waals surface area contributed by atoms with E-state index in [2.05, 4.69) is 44.5 Å². The van der Waals surface area contributed by atoms with Crippen LogP contribution in [0.1, 0.15) is 61.9 Å². The first kappa shape index (κ1) is 15.0. The Bertz CT molecular complexity index is 418. The zero-order valence-electron chi connectivity index (χ0n) is 12.5. The highest BCUT2D eigenvalue weighted by molar-refractivity contribution is 5.99. The summed E-state index contributed by atoms with van der Waals surface area (Å²) in [6.45, 7) is 13.0. The lowest BCUT2D eigenvalue weighted by Crippen LogP contribution is -2.31. The van der Waals surface area contributed by atoms with E-state index >= 15 is 0 Å². The SMILES string of the molecule is CCC(C)NCC(=O)c1cc(C)n(C(C)C)c1C. The minimum Gasteiger partial charge on any atom is -0.346 e. The van der Waals surface area contributed by atoms with E-state index in [-0.39, 0.29) is 5.78 Å². The molecule has 18 heavy (non-hydrogen) atoms. The summed E-state index contributed by atoms with van der Waals surface area (Å²) < 4.78 is 2.22. The van der Waals surface area contributed by atoms with Gasteiger partial charge in [-0.05, 0) is 47.1 Å². The van der Waals surface area contributed by atoms with Crippen molar-refractivity contribution in [1.82, 2.24) is 9.88 Å². The maximum absolute atomic E-state index is 12.2. The van der Waals surface area contributed by atoms with Crippen LogP contribution in [0.4, 0.5) is 0 Å². The number of carbonyl (C=O) groups is 1. The van der Waals surface area contributed by atoms with Crippen LogP contribution in [-0.4, -0.2) is 22.9 Å². The van der Waals surface area contributed by atoms with Gasteiger partial charge in [0.25, 0.3) is 0 Å². The normalized spacial score (nSPS) is 13.1. The first-order valence-corrected chi connectivity index (χ1v) is 6.83. The Morgan fingerprint density at radius 2 is 1.94 bits per heavy atom. The molecule has 0 aliphatic heterocycles. The van der Waals surface area contributed by atoms with Crippen molar-refractivity contribution in [3.63, 3.8) is 0 Å². The van der Waals surface area contributed by atoms with Crippen LogP contribution in [-0.2, 0) is 0 Å². The number of aromatic nitrogens is 1. The van der Waals surface area contributed by atoms with Crippen molar-refractivity contribution in [1.29, 1.82) is 0 Å². The number of ketones is 1. The van der Waals surface area contributed by atoms with Gasteiger partial charge in [-0.25, -0.2) is 0 Å². The number of rotatable bonds is 6. The van der Waals surface area contributed by atoms with Crippen molar-refractivity contribution in [2.75, 3.05) is 6.54 Å². The van der Waals surface area contributed by atoms with Crippen LogP contribution in [0.3, 0.4) is 0 Å².